The number of carboxylic acids is 1. The van der Waals surface area contributed by atoms with Gasteiger partial charge < -0.3 is 5.11 Å². The van der Waals surface area contributed by atoms with Gasteiger partial charge in [-0.15, -0.1) is 0 Å². The first-order valence-corrected chi connectivity index (χ1v) is 6.33. The number of hydrogen-bond acceptors (Lipinski definition) is 2. The fourth-order valence-corrected chi connectivity index (χ4v) is 2.85. The average molecular weight is 236 g/mol. The Morgan fingerprint density at radius 3 is 2.71 bits per heavy atom. The van der Waals surface area contributed by atoms with Crippen LogP contribution in [0, 0.1) is 6.92 Å². The molecule has 0 aliphatic heterocycles. The summed E-state index contributed by atoms with van der Waals surface area (Å²) < 4.78 is 1.87. The molecule has 1 aromatic heterocycles. The molecule has 0 spiro atoms. The third-order valence-electron chi connectivity index (χ3n) is 3.78. The molecule has 0 unspecified atom stereocenters. The number of aryl methyl sites for hydroxylation is 1. The summed E-state index contributed by atoms with van der Waals surface area (Å²) in [6, 6.07) is 0. The highest BCUT2D eigenvalue weighted by atomic mass is 16.4. The molecule has 1 fully saturated rings. The Morgan fingerprint density at radius 1 is 1.47 bits per heavy atom. The predicted molar refractivity (Wildman–Crippen MR) is 65.1 cm³/mol. The Bertz CT molecular complexity index is 417. The molecule has 0 amide bonds. The van der Waals surface area contributed by atoms with Crippen LogP contribution in [0.4, 0.5) is 0 Å². The second kappa shape index (κ2) is 4.90. The second-order valence-electron chi connectivity index (χ2n) is 4.96. The summed E-state index contributed by atoms with van der Waals surface area (Å²) in [6.45, 7) is 2.08. The Morgan fingerprint density at radius 2 is 2.12 bits per heavy atom. The molecule has 1 aromatic rings. The minimum Gasteiger partial charge on any atom is -0.481 e. The smallest absolute Gasteiger partial charge is 0.303 e. The zero-order chi connectivity index (χ0) is 12.4. The van der Waals surface area contributed by atoms with Gasteiger partial charge in [0.15, 0.2) is 0 Å². The first kappa shape index (κ1) is 12.1. The van der Waals surface area contributed by atoms with E-state index in [4.69, 9.17) is 5.11 Å². The Hall–Kier alpha value is -1.32. The molecular formula is C13H20N2O2. The number of nitrogens with zero attached hydrogens (tertiary/aromatic N) is 2. The van der Waals surface area contributed by atoms with Gasteiger partial charge in [-0.05, 0) is 25.3 Å². The summed E-state index contributed by atoms with van der Waals surface area (Å²) in [7, 11) is 1.92. The van der Waals surface area contributed by atoms with E-state index in [0.717, 1.165) is 5.69 Å². The lowest BCUT2D eigenvalue weighted by atomic mass is 9.99. The van der Waals surface area contributed by atoms with E-state index in [0.29, 0.717) is 12.3 Å². The van der Waals surface area contributed by atoms with Crippen molar-refractivity contribution in [3.05, 3.63) is 17.0 Å². The van der Waals surface area contributed by atoms with Crippen LogP contribution in [0.5, 0.6) is 0 Å². The van der Waals surface area contributed by atoms with Crippen LogP contribution in [0.2, 0.25) is 0 Å². The highest BCUT2D eigenvalue weighted by Crippen LogP contribution is 2.35. The fraction of sp³-hybridized carbons (Fsp3) is 0.692. The maximum Gasteiger partial charge on any atom is 0.303 e. The molecule has 1 heterocycles. The van der Waals surface area contributed by atoms with Crippen LogP contribution in [0.15, 0.2) is 0 Å². The van der Waals surface area contributed by atoms with Gasteiger partial charge >= 0.3 is 5.97 Å². The maximum absolute atomic E-state index is 10.6. The quantitative estimate of drug-likeness (QED) is 0.873. The van der Waals surface area contributed by atoms with Crippen molar-refractivity contribution >= 4 is 5.97 Å². The van der Waals surface area contributed by atoms with Crippen LogP contribution in [0.1, 0.15) is 55.0 Å². The Labute approximate surface area is 102 Å². The van der Waals surface area contributed by atoms with Crippen LogP contribution in [-0.2, 0) is 18.3 Å². The van der Waals surface area contributed by atoms with Gasteiger partial charge in [0, 0.05) is 25.1 Å². The summed E-state index contributed by atoms with van der Waals surface area (Å²) in [4.78, 5) is 10.6. The number of aliphatic carboxylic acids is 1. The van der Waals surface area contributed by atoms with Crippen molar-refractivity contribution < 1.29 is 9.90 Å². The maximum atomic E-state index is 10.6. The molecule has 17 heavy (non-hydrogen) atoms. The molecule has 1 saturated carbocycles. The van der Waals surface area contributed by atoms with Gasteiger partial charge in [-0.25, -0.2) is 0 Å². The number of aromatic nitrogens is 2. The minimum atomic E-state index is -0.743. The van der Waals surface area contributed by atoms with E-state index >= 15 is 0 Å². The molecule has 0 bridgehead atoms. The van der Waals surface area contributed by atoms with Gasteiger partial charge in [0.05, 0.1) is 12.1 Å². The zero-order valence-corrected chi connectivity index (χ0v) is 10.6. The molecule has 0 radical (unpaired) electrons. The molecule has 1 aliphatic carbocycles. The van der Waals surface area contributed by atoms with Gasteiger partial charge in [0.25, 0.3) is 0 Å². The summed E-state index contributed by atoms with van der Waals surface area (Å²) in [5.41, 5.74) is 3.49. The largest absolute Gasteiger partial charge is 0.481 e. The van der Waals surface area contributed by atoms with E-state index in [-0.39, 0.29) is 6.42 Å². The van der Waals surface area contributed by atoms with E-state index in [1.165, 1.54) is 36.9 Å². The third kappa shape index (κ3) is 2.51. The number of rotatable bonds is 4. The summed E-state index contributed by atoms with van der Waals surface area (Å²) >= 11 is 0. The van der Waals surface area contributed by atoms with E-state index in [1.807, 2.05) is 11.7 Å². The average Bonchev–Trinajstić information content (AvgIpc) is 2.85. The molecular weight excluding hydrogens is 216 g/mol. The highest BCUT2D eigenvalue weighted by Gasteiger charge is 2.23. The first-order chi connectivity index (χ1) is 8.09. The van der Waals surface area contributed by atoms with E-state index < -0.39 is 5.97 Å². The van der Waals surface area contributed by atoms with Crippen molar-refractivity contribution in [1.82, 2.24) is 9.78 Å². The molecule has 94 valence electrons. The van der Waals surface area contributed by atoms with Gasteiger partial charge in [-0.1, -0.05) is 12.8 Å². The first-order valence-electron chi connectivity index (χ1n) is 6.33. The molecule has 1 aliphatic rings. The molecule has 0 atom stereocenters. The third-order valence-corrected chi connectivity index (χ3v) is 3.78. The molecule has 1 N–H and O–H groups in total. The van der Waals surface area contributed by atoms with E-state index in [1.54, 1.807) is 0 Å². The van der Waals surface area contributed by atoms with Crippen LogP contribution in [0.3, 0.4) is 0 Å². The van der Waals surface area contributed by atoms with Crippen molar-refractivity contribution in [1.29, 1.82) is 0 Å². The van der Waals surface area contributed by atoms with Crippen molar-refractivity contribution in [2.45, 2.75) is 51.4 Å². The number of hydrogen-bond donors (Lipinski definition) is 1. The Balaban J connectivity index is 2.18. The van der Waals surface area contributed by atoms with Crippen molar-refractivity contribution in [3.8, 4) is 0 Å². The van der Waals surface area contributed by atoms with Gasteiger partial charge in [0.1, 0.15) is 0 Å². The normalized spacial score (nSPS) is 16.6. The van der Waals surface area contributed by atoms with Gasteiger partial charge in [0.2, 0.25) is 0 Å². The SMILES string of the molecule is Cc1c(C2CCCC2)nn(C)c1CCC(=O)O. The Kier molecular flexibility index (Phi) is 3.50. The predicted octanol–water partition coefficient (Wildman–Crippen LogP) is 2.40. The van der Waals surface area contributed by atoms with Crippen LogP contribution in [0.25, 0.3) is 0 Å². The second-order valence-corrected chi connectivity index (χ2v) is 4.96. The lowest BCUT2D eigenvalue weighted by Gasteiger charge is -2.06. The zero-order valence-electron chi connectivity index (χ0n) is 10.6. The molecule has 4 nitrogen and oxygen atoms in total. The lowest BCUT2D eigenvalue weighted by molar-refractivity contribution is -0.136. The number of carbonyl (C=O) groups is 1. The molecule has 4 heteroatoms. The highest BCUT2D eigenvalue weighted by molar-refractivity contribution is 5.67. The van der Waals surface area contributed by atoms with Gasteiger partial charge in [-0.2, -0.15) is 5.10 Å². The van der Waals surface area contributed by atoms with Crippen molar-refractivity contribution in [2.75, 3.05) is 0 Å². The van der Waals surface area contributed by atoms with Gasteiger partial charge in [-0.3, -0.25) is 9.48 Å². The van der Waals surface area contributed by atoms with Crippen LogP contribution in [-0.4, -0.2) is 20.9 Å². The summed E-state index contributed by atoms with van der Waals surface area (Å²) in [5.74, 6) is -0.146. The minimum absolute atomic E-state index is 0.185. The van der Waals surface area contributed by atoms with Crippen molar-refractivity contribution in [2.24, 2.45) is 7.05 Å². The van der Waals surface area contributed by atoms with E-state index in [2.05, 4.69) is 12.0 Å². The summed E-state index contributed by atoms with van der Waals surface area (Å²) in [5, 5.41) is 13.3. The standard InChI is InChI=1S/C13H20N2O2/c1-9-11(7-8-12(16)17)15(2)14-13(9)10-5-3-4-6-10/h10H,3-8H2,1-2H3,(H,16,17). The monoisotopic (exact) mass is 236 g/mol. The topological polar surface area (TPSA) is 55.1 Å². The number of carboxylic acid groups (broad SMARTS) is 1. The molecule has 2 rings (SSSR count). The lowest BCUT2D eigenvalue weighted by Crippen LogP contribution is -2.03. The van der Waals surface area contributed by atoms with Crippen LogP contribution < -0.4 is 0 Å². The molecule has 0 saturated heterocycles. The van der Waals surface area contributed by atoms with Crippen LogP contribution >= 0.6 is 0 Å². The van der Waals surface area contributed by atoms with E-state index in [9.17, 15) is 4.79 Å². The molecule has 0 aromatic carbocycles. The fourth-order valence-electron chi connectivity index (χ4n) is 2.85. The summed E-state index contributed by atoms with van der Waals surface area (Å²) in [6.07, 6.45) is 5.82. The van der Waals surface area contributed by atoms with Crippen molar-refractivity contribution in [3.63, 3.8) is 0 Å².